The number of quaternary nitrogens is 1. The number of halogens is 1. The van der Waals surface area contributed by atoms with E-state index >= 15 is 0 Å². The Morgan fingerprint density at radius 2 is 2.07 bits per heavy atom. The number of hydrogen-bond acceptors (Lipinski definition) is 4. The molecule has 3 fully saturated rings. The van der Waals surface area contributed by atoms with Gasteiger partial charge in [0.05, 0.1) is 25.6 Å². The SMILES string of the molecule is C[N+]1(CC2CC2)CCC23c4c5ccc(O)c4OC2C(=O)CCC3(O)C1C5.[I-]. The Bertz CT molecular complexity index is 855. The van der Waals surface area contributed by atoms with Gasteiger partial charge in [0.2, 0.25) is 0 Å². The van der Waals surface area contributed by atoms with Crippen LogP contribution in [0.5, 0.6) is 11.5 Å². The van der Waals surface area contributed by atoms with E-state index in [4.69, 9.17) is 4.74 Å². The second kappa shape index (κ2) is 5.39. The fraction of sp³-hybridized carbons (Fsp3) is 0.667. The van der Waals surface area contributed by atoms with Gasteiger partial charge in [-0.15, -0.1) is 0 Å². The molecule has 1 saturated heterocycles. The Morgan fingerprint density at radius 1 is 1.30 bits per heavy atom. The van der Waals surface area contributed by atoms with Crippen LogP contribution in [-0.4, -0.2) is 58.4 Å². The summed E-state index contributed by atoms with van der Waals surface area (Å²) in [7, 11) is 2.31. The van der Waals surface area contributed by atoms with E-state index in [-0.39, 0.29) is 41.6 Å². The number of aliphatic hydroxyl groups is 1. The Hall–Kier alpha value is -0.860. The second-order valence-electron chi connectivity index (χ2n) is 9.61. The number of likely N-dealkylation sites (tertiary alicyclic amines) is 1. The highest BCUT2D eigenvalue weighted by molar-refractivity contribution is 5.90. The molecule has 5 atom stereocenters. The third kappa shape index (κ3) is 2.00. The number of piperidine rings is 1. The summed E-state index contributed by atoms with van der Waals surface area (Å²) in [6.45, 7) is 2.09. The predicted molar refractivity (Wildman–Crippen MR) is 94.1 cm³/mol. The smallest absolute Gasteiger partial charge is 0.174 e. The number of phenolic OH excluding ortho intramolecular Hbond substituents is 1. The molecule has 1 spiro atoms. The molecule has 5 nitrogen and oxygen atoms in total. The topological polar surface area (TPSA) is 66.8 Å². The van der Waals surface area contributed by atoms with Crippen molar-refractivity contribution in [3.8, 4) is 11.5 Å². The van der Waals surface area contributed by atoms with Gasteiger partial charge in [0.15, 0.2) is 23.4 Å². The van der Waals surface area contributed by atoms with Gasteiger partial charge in [0.1, 0.15) is 11.6 Å². The van der Waals surface area contributed by atoms with Crippen molar-refractivity contribution in [1.82, 2.24) is 0 Å². The van der Waals surface area contributed by atoms with Crippen LogP contribution < -0.4 is 28.7 Å². The summed E-state index contributed by atoms with van der Waals surface area (Å²) in [6, 6.07) is 3.77. The third-order valence-corrected chi connectivity index (χ3v) is 8.28. The van der Waals surface area contributed by atoms with Gasteiger partial charge < -0.3 is 43.4 Å². The summed E-state index contributed by atoms with van der Waals surface area (Å²) in [4.78, 5) is 12.8. The highest BCUT2D eigenvalue weighted by Gasteiger charge is 2.76. The number of aromatic hydroxyl groups is 1. The van der Waals surface area contributed by atoms with Crippen molar-refractivity contribution in [3.63, 3.8) is 0 Å². The lowest BCUT2D eigenvalue weighted by atomic mass is 9.48. The standard InChI is InChI=1S/C21H25NO4.HI/c1-22(11-12-2-3-12)9-8-20-17-13-4-5-14(23)18(17)26-19(20)15(24)6-7-21(20,25)16(22)10-13;/h4-5,12,16,19,25H,2-3,6-11H2,1H3;1H. The number of hydrogen-bond donors (Lipinski definition) is 2. The van der Waals surface area contributed by atoms with Crippen LogP contribution in [0.3, 0.4) is 0 Å². The molecule has 2 bridgehead atoms. The summed E-state index contributed by atoms with van der Waals surface area (Å²) >= 11 is 0. The highest BCUT2D eigenvalue weighted by Crippen LogP contribution is 2.65. The molecule has 2 saturated carbocycles. The number of ketones is 1. The molecular weight excluding hydrogens is 457 g/mol. The lowest BCUT2D eigenvalue weighted by Crippen LogP contribution is -3.00. The van der Waals surface area contributed by atoms with Crippen LogP contribution in [-0.2, 0) is 16.6 Å². The van der Waals surface area contributed by atoms with E-state index in [1.54, 1.807) is 6.07 Å². The molecular formula is C21H26INO4. The summed E-state index contributed by atoms with van der Waals surface area (Å²) in [6.07, 6.45) is 4.42. The Labute approximate surface area is 176 Å². The number of benzene rings is 1. The Kier molecular flexibility index (Phi) is 3.63. The zero-order chi connectivity index (χ0) is 17.9. The van der Waals surface area contributed by atoms with Crippen LogP contribution in [0.1, 0.15) is 43.2 Å². The summed E-state index contributed by atoms with van der Waals surface area (Å²) in [5.74, 6) is 1.42. The number of carbonyl (C=O) groups excluding carboxylic acids is 1. The fourth-order valence-corrected chi connectivity index (χ4v) is 6.94. The number of likely N-dealkylation sites (N-methyl/N-ethyl adjacent to an activating group) is 1. The van der Waals surface area contributed by atoms with Crippen molar-refractivity contribution in [1.29, 1.82) is 0 Å². The van der Waals surface area contributed by atoms with Gasteiger partial charge in [-0.2, -0.15) is 0 Å². The summed E-state index contributed by atoms with van der Waals surface area (Å²) < 4.78 is 6.98. The third-order valence-electron chi connectivity index (χ3n) is 8.28. The van der Waals surface area contributed by atoms with E-state index in [1.807, 2.05) is 6.07 Å². The van der Waals surface area contributed by atoms with E-state index in [0.717, 1.165) is 47.5 Å². The number of rotatable bonds is 2. The molecule has 6 heteroatoms. The zero-order valence-electron chi connectivity index (χ0n) is 15.6. The first kappa shape index (κ1) is 18.2. The van der Waals surface area contributed by atoms with E-state index in [0.29, 0.717) is 18.6 Å². The van der Waals surface area contributed by atoms with Crippen molar-refractivity contribution in [2.75, 3.05) is 20.1 Å². The normalized spacial score (nSPS) is 43.6. The average Bonchev–Trinajstić information content (AvgIpc) is 3.32. The van der Waals surface area contributed by atoms with Gasteiger partial charge in [0, 0.05) is 30.7 Å². The van der Waals surface area contributed by atoms with Crippen LogP contribution in [0.25, 0.3) is 0 Å². The largest absolute Gasteiger partial charge is 1.00 e. The minimum atomic E-state index is -0.931. The minimum absolute atomic E-state index is 0. The van der Waals surface area contributed by atoms with Crippen LogP contribution in [0.4, 0.5) is 0 Å². The average molecular weight is 483 g/mol. The quantitative estimate of drug-likeness (QED) is 0.405. The molecule has 1 aromatic rings. The van der Waals surface area contributed by atoms with Gasteiger partial charge in [-0.05, 0) is 30.9 Å². The Balaban J connectivity index is 0.00000160. The van der Waals surface area contributed by atoms with E-state index in [2.05, 4.69) is 7.05 Å². The molecule has 6 rings (SSSR count). The summed E-state index contributed by atoms with van der Waals surface area (Å²) in [5.41, 5.74) is 0.492. The first-order valence-corrected chi connectivity index (χ1v) is 10.0. The number of Topliss-reactive ketones (excluding diaryl/α,β-unsaturated/α-hetero) is 1. The zero-order valence-corrected chi connectivity index (χ0v) is 17.7. The van der Waals surface area contributed by atoms with Gasteiger partial charge >= 0.3 is 0 Å². The molecule has 27 heavy (non-hydrogen) atoms. The first-order chi connectivity index (χ1) is 12.4. The second-order valence-corrected chi connectivity index (χ2v) is 9.61. The molecule has 3 aliphatic carbocycles. The van der Waals surface area contributed by atoms with Gasteiger partial charge in [-0.3, -0.25) is 4.79 Å². The van der Waals surface area contributed by atoms with Crippen molar-refractivity contribution in [2.45, 2.75) is 61.7 Å². The van der Waals surface area contributed by atoms with Crippen LogP contribution >= 0.6 is 0 Å². The highest BCUT2D eigenvalue weighted by atomic mass is 127. The van der Waals surface area contributed by atoms with Gasteiger partial charge in [0.25, 0.3) is 0 Å². The van der Waals surface area contributed by atoms with Crippen LogP contribution in [0.15, 0.2) is 12.1 Å². The number of carbonyl (C=O) groups is 1. The van der Waals surface area contributed by atoms with E-state index < -0.39 is 17.1 Å². The van der Waals surface area contributed by atoms with Crippen LogP contribution in [0.2, 0.25) is 0 Å². The van der Waals surface area contributed by atoms with Gasteiger partial charge in [-0.25, -0.2) is 0 Å². The van der Waals surface area contributed by atoms with E-state index in [9.17, 15) is 15.0 Å². The fourth-order valence-electron chi connectivity index (χ4n) is 6.94. The molecule has 0 amide bonds. The number of phenols is 1. The predicted octanol–water partition coefficient (Wildman–Crippen LogP) is -1.33. The number of ether oxygens (including phenoxy) is 1. The first-order valence-electron chi connectivity index (χ1n) is 10.0. The molecule has 1 aromatic carbocycles. The van der Waals surface area contributed by atoms with Gasteiger partial charge in [-0.1, -0.05) is 6.07 Å². The van der Waals surface area contributed by atoms with Crippen molar-refractivity contribution in [2.24, 2.45) is 5.92 Å². The number of nitrogens with zero attached hydrogens (tertiary/aromatic N) is 1. The minimum Gasteiger partial charge on any atom is -1.00 e. The molecule has 0 aromatic heterocycles. The lowest BCUT2D eigenvalue weighted by Gasteiger charge is -2.64. The molecule has 5 aliphatic rings. The van der Waals surface area contributed by atoms with Crippen molar-refractivity contribution < 1.29 is 48.2 Å². The van der Waals surface area contributed by atoms with E-state index in [1.165, 1.54) is 12.8 Å². The summed E-state index contributed by atoms with van der Waals surface area (Å²) in [5, 5.41) is 22.5. The molecule has 0 radical (unpaired) electrons. The molecule has 2 aliphatic heterocycles. The van der Waals surface area contributed by atoms with Crippen LogP contribution in [0, 0.1) is 5.92 Å². The molecule has 5 unspecified atom stereocenters. The van der Waals surface area contributed by atoms with Crippen molar-refractivity contribution in [3.05, 3.63) is 23.3 Å². The Morgan fingerprint density at radius 3 is 2.81 bits per heavy atom. The maximum absolute atomic E-state index is 12.8. The maximum Gasteiger partial charge on any atom is 0.174 e. The molecule has 2 heterocycles. The lowest BCUT2D eigenvalue weighted by molar-refractivity contribution is -0.950. The maximum atomic E-state index is 12.8. The molecule has 2 N–H and O–H groups in total. The monoisotopic (exact) mass is 483 g/mol. The van der Waals surface area contributed by atoms with Crippen molar-refractivity contribution >= 4 is 5.78 Å². The molecule has 146 valence electrons.